The molecule has 0 unspecified atom stereocenters. The molecule has 0 N–H and O–H groups in total. The fraction of sp³-hybridized carbons (Fsp3) is 0.906. The molecule has 0 aromatic carbocycles. The summed E-state index contributed by atoms with van der Waals surface area (Å²) >= 11 is 0. The van der Waals surface area contributed by atoms with Gasteiger partial charge in [0.1, 0.15) is 24.9 Å². The molecule has 0 fully saturated rings. The van der Waals surface area contributed by atoms with E-state index < -0.39 is 0 Å². The molecule has 436 valence electrons. The first-order valence-corrected chi connectivity index (χ1v) is 31.9. The maximum Gasteiger partial charge on any atom is 0.410 e. The van der Waals surface area contributed by atoms with Gasteiger partial charge in [-0.2, -0.15) is 0 Å². The summed E-state index contributed by atoms with van der Waals surface area (Å²) in [6.07, 6.45) is 49.5. The predicted octanol–water partition coefficient (Wildman–Crippen LogP) is 18.5. The molecule has 1 amide bonds. The summed E-state index contributed by atoms with van der Waals surface area (Å²) in [5, 5.41) is 0. The second kappa shape index (κ2) is 55.1. The van der Waals surface area contributed by atoms with E-state index in [0.717, 1.165) is 161 Å². The lowest BCUT2D eigenvalue weighted by Crippen LogP contribution is -2.37. The summed E-state index contributed by atoms with van der Waals surface area (Å²) < 4.78 is 23.9. The molecule has 0 spiro atoms. The number of nitrogens with zero attached hydrogens (tertiary/aromatic N) is 2. The van der Waals surface area contributed by atoms with Crippen LogP contribution in [0.2, 0.25) is 0 Å². The van der Waals surface area contributed by atoms with Crippen LogP contribution < -0.4 is 0 Å². The van der Waals surface area contributed by atoms with Gasteiger partial charge >= 0.3 is 24.0 Å². The van der Waals surface area contributed by atoms with Crippen LogP contribution >= 0.6 is 0 Å². The topological polar surface area (TPSA) is 112 Å². The number of esters is 3. The number of rotatable bonds is 56. The standard InChI is InChI=1S/C64H122N2O8/c1-8-13-18-23-28-33-42-57-71-61(67)53-43-55-66(56-44-54-65(6)7)64(70)74-60(49-38-29-24-26-31-40-51-62(68)72-58(45-34-19-14-9-2)46-35-20-15-10-3)50-39-30-25-27-32-41-52-63(69)73-59(47-36-21-16-11-4)48-37-22-17-12-5/h33,42,58-60H,8-32,34-41,43-57H2,1-7H3/b42-33-. The number of carbonyl (C=O) groups excluding carboxylic acids is 4. The Kier molecular flexibility index (Phi) is 53.2. The third-order valence-electron chi connectivity index (χ3n) is 14.5. The summed E-state index contributed by atoms with van der Waals surface area (Å²) in [6, 6.07) is 0. The van der Waals surface area contributed by atoms with E-state index in [-0.39, 0.29) is 48.7 Å². The van der Waals surface area contributed by atoms with Gasteiger partial charge in [0.25, 0.3) is 0 Å². The Hall–Kier alpha value is -2.62. The number of hydrogen-bond donors (Lipinski definition) is 0. The molecular formula is C64H122N2O8. The quantitative estimate of drug-likeness (QED) is 0.0254. The van der Waals surface area contributed by atoms with Gasteiger partial charge in [-0.15, -0.1) is 0 Å². The van der Waals surface area contributed by atoms with E-state index >= 15 is 0 Å². The fourth-order valence-corrected chi connectivity index (χ4v) is 9.76. The third kappa shape index (κ3) is 49.0. The Morgan fingerprint density at radius 2 is 0.689 bits per heavy atom. The molecule has 74 heavy (non-hydrogen) atoms. The van der Waals surface area contributed by atoms with Gasteiger partial charge < -0.3 is 28.7 Å². The average molecular weight is 1050 g/mol. The highest BCUT2D eigenvalue weighted by Gasteiger charge is 2.21. The van der Waals surface area contributed by atoms with Crippen LogP contribution in [-0.4, -0.2) is 92.4 Å². The van der Waals surface area contributed by atoms with Crippen molar-refractivity contribution in [3.05, 3.63) is 12.2 Å². The molecule has 10 heteroatoms. The zero-order valence-electron chi connectivity index (χ0n) is 50.0. The van der Waals surface area contributed by atoms with Crippen LogP contribution in [0, 0.1) is 0 Å². The molecule has 0 rings (SSSR count). The van der Waals surface area contributed by atoms with E-state index in [1.54, 1.807) is 4.90 Å². The maximum absolute atomic E-state index is 13.9. The van der Waals surface area contributed by atoms with Crippen molar-refractivity contribution in [1.29, 1.82) is 0 Å². The van der Waals surface area contributed by atoms with Crippen LogP contribution in [0.25, 0.3) is 0 Å². The Balaban J connectivity index is 5.24. The monoisotopic (exact) mass is 1050 g/mol. The highest BCUT2D eigenvalue weighted by atomic mass is 16.6. The minimum absolute atomic E-state index is 0.0254. The molecule has 0 aliphatic rings. The van der Waals surface area contributed by atoms with Crippen molar-refractivity contribution in [2.24, 2.45) is 0 Å². The van der Waals surface area contributed by atoms with Crippen molar-refractivity contribution in [3.8, 4) is 0 Å². The van der Waals surface area contributed by atoms with Crippen LogP contribution in [-0.2, 0) is 33.3 Å². The molecule has 0 aliphatic carbocycles. The number of amides is 1. The van der Waals surface area contributed by atoms with E-state index in [9.17, 15) is 19.2 Å². The number of allylic oxidation sites excluding steroid dienone is 1. The molecule has 0 heterocycles. The smallest absolute Gasteiger partial charge is 0.410 e. The lowest BCUT2D eigenvalue weighted by molar-refractivity contribution is -0.151. The number of ether oxygens (including phenoxy) is 4. The highest BCUT2D eigenvalue weighted by molar-refractivity contribution is 5.70. The summed E-state index contributed by atoms with van der Waals surface area (Å²) in [7, 11) is 4.09. The third-order valence-corrected chi connectivity index (χ3v) is 14.5. The summed E-state index contributed by atoms with van der Waals surface area (Å²) in [5.41, 5.74) is 0. The highest BCUT2D eigenvalue weighted by Crippen LogP contribution is 2.22. The van der Waals surface area contributed by atoms with Crippen LogP contribution in [0.3, 0.4) is 0 Å². The van der Waals surface area contributed by atoms with Gasteiger partial charge in [-0.3, -0.25) is 14.4 Å². The zero-order valence-corrected chi connectivity index (χ0v) is 50.0. The molecule has 0 saturated heterocycles. The van der Waals surface area contributed by atoms with E-state index in [4.69, 9.17) is 18.9 Å². The first-order valence-electron chi connectivity index (χ1n) is 31.9. The largest absolute Gasteiger partial charge is 0.462 e. The van der Waals surface area contributed by atoms with Gasteiger partial charge in [0, 0.05) is 32.4 Å². The lowest BCUT2D eigenvalue weighted by Gasteiger charge is -2.26. The summed E-state index contributed by atoms with van der Waals surface area (Å²) in [5.74, 6) is -0.282. The van der Waals surface area contributed by atoms with Crippen molar-refractivity contribution in [3.63, 3.8) is 0 Å². The van der Waals surface area contributed by atoms with Gasteiger partial charge in [0.05, 0.1) is 0 Å². The number of carbonyl (C=O) groups is 4. The van der Waals surface area contributed by atoms with Gasteiger partial charge in [-0.1, -0.05) is 194 Å². The molecule has 10 nitrogen and oxygen atoms in total. The first kappa shape index (κ1) is 71.4. The van der Waals surface area contributed by atoms with Crippen LogP contribution in [0.1, 0.15) is 317 Å². The molecule has 0 saturated carbocycles. The van der Waals surface area contributed by atoms with Crippen molar-refractivity contribution in [2.75, 3.05) is 40.3 Å². The Morgan fingerprint density at radius 3 is 1.09 bits per heavy atom. The van der Waals surface area contributed by atoms with Gasteiger partial charge in [0.15, 0.2) is 0 Å². The normalized spacial score (nSPS) is 11.7. The molecule has 0 aromatic rings. The fourth-order valence-electron chi connectivity index (χ4n) is 9.76. The molecule has 0 bridgehead atoms. The van der Waals surface area contributed by atoms with Crippen molar-refractivity contribution in [1.82, 2.24) is 9.80 Å². The molecule has 0 radical (unpaired) electrons. The Morgan fingerprint density at radius 1 is 0.351 bits per heavy atom. The van der Waals surface area contributed by atoms with Crippen LogP contribution in [0.4, 0.5) is 4.79 Å². The summed E-state index contributed by atoms with van der Waals surface area (Å²) in [6.45, 7) is 13.3. The van der Waals surface area contributed by atoms with Crippen molar-refractivity contribution in [2.45, 2.75) is 335 Å². The van der Waals surface area contributed by atoms with E-state index in [1.807, 2.05) is 20.2 Å². The molecule has 0 atom stereocenters. The average Bonchev–Trinajstić information content (AvgIpc) is 3.38. The van der Waals surface area contributed by atoms with Gasteiger partial charge in [-0.25, -0.2) is 4.79 Å². The van der Waals surface area contributed by atoms with Gasteiger partial charge in [0.2, 0.25) is 0 Å². The van der Waals surface area contributed by atoms with Crippen molar-refractivity contribution >= 4 is 24.0 Å². The molecular weight excluding hydrogens is 925 g/mol. The lowest BCUT2D eigenvalue weighted by atomic mass is 10.0. The van der Waals surface area contributed by atoms with Crippen LogP contribution in [0.5, 0.6) is 0 Å². The SMILES string of the molecule is CCCCCC/C=C\COC(=O)CCCN(CCCN(C)C)C(=O)OC(CCCCCCCCC(=O)OC(CCCCCC)CCCCCC)CCCCCCCCC(=O)OC(CCCCCC)CCCCCC. The van der Waals surface area contributed by atoms with Crippen LogP contribution in [0.15, 0.2) is 12.2 Å². The maximum atomic E-state index is 13.9. The minimum Gasteiger partial charge on any atom is -0.462 e. The van der Waals surface area contributed by atoms with E-state index in [0.29, 0.717) is 39.0 Å². The Bertz CT molecular complexity index is 1210. The molecule has 0 aromatic heterocycles. The minimum atomic E-state index is -0.278. The van der Waals surface area contributed by atoms with Gasteiger partial charge in [-0.05, 0) is 136 Å². The van der Waals surface area contributed by atoms with E-state index in [1.165, 1.54) is 103 Å². The second-order valence-corrected chi connectivity index (χ2v) is 22.2. The predicted molar refractivity (Wildman–Crippen MR) is 312 cm³/mol. The first-order chi connectivity index (χ1) is 36.1. The van der Waals surface area contributed by atoms with E-state index in [2.05, 4.69) is 45.6 Å². The Labute approximate surface area is 458 Å². The zero-order chi connectivity index (χ0) is 54.4. The number of unbranched alkanes of at least 4 members (excludes halogenated alkanes) is 26. The van der Waals surface area contributed by atoms with Crippen molar-refractivity contribution < 1.29 is 38.1 Å². The number of hydrogen-bond acceptors (Lipinski definition) is 9. The second-order valence-electron chi connectivity index (χ2n) is 22.2. The summed E-state index contributed by atoms with van der Waals surface area (Å²) in [4.78, 5) is 56.1. The molecule has 0 aliphatic heterocycles.